The summed E-state index contributed by atoms with van der Waals surface area (Å²) in [6.45, 7) is 1.95. The van der Waals surface area contributed by atoms with Gasteiger partial charge in [-0.2, -0.15) is 17.6 Å². The maximum absolute atomic E-state index is 12.9. The van der Waals surface area contributed by atoms with Gasteiger partial charge in [0.15, 0.2) is 0 Å². The van der Waals surface area contributed by atoms with E-state index in [1.165, 1.54) is 24.3 Å². The zero-order valence-corrected chi connectivity index (χ0v) is 15.1. The van der Waals surface area contributed by atoms with Crippen molar-refractivity contribution in [1.82, 2.24) is 0 Å². The van der Waals surface area contributed by atoms with Gasteiger partial charge in [-0.15, -0.1) is 0 Å². The molecule has 0 saturated heterocycles. The van der Waals surface area contributed by atoms with Gasteiger partial charge in [-0.05, 0) is 55.0 Å². The van der Waals surface area contributed by atoms with Crippen molar-refractivity contribution in [1.29, 1.82) is 0 Å². The molecular weight excluding hydrogens is 396 g/mol. The molecule has 5 nitrogen and oxygen atoms in total. The van der Waals surface area contributed by atoms with Crippen LogP contribution in [0.1, 0.15) is 22.8 Å². The molecule has 0 atom stereocenters. The second kappa shape index (κ2) is 9.72. The molecule has 0 aliphatic heterocycles. The Morgan fingerprint density at radius 2 is 1.59 bits per heavy atom. The van der Waals surface area contributed by atoms with Gasteiger partial charge in [-0.25, -0.2) is 9.59 Å². The first-order valence-electron chi connectivity index (χ1n) is 8.33. The fourth-order valence-corrected chi connectivity index (χ4v) is 2.03. The van der Waals surface area contributed by atoms with Gasteiger partial charge < -0.3 is 14.2 Å². The summed E-state index contributed by atoms with van der Waals surface area (Å²) in [5.41, 5.74) is 0.670. The van der Waals surface area contributed by atoms with Crippen LogP contribution < -0.4 is 9.47 Å². The predicted octanol–water partition coefficient (Wildman–Crippen LogP) is 4.72. The quantitative estimate of drug-likeness (QED) is 0.272. The van der Waals surface area contributed by atoms with Gasteiger partial charge in [0.2, 0.25) is 0 Å². The van der Waals surface area contributed by atoms with Crippen LogP contribution in [0.3, 0.4) is 0 Å². The van der Waals surface area contributed by atoms with Crippen molar-refractivity contribution in [2.24, 2.45) is 0 Å². The highest BCUT2D eigenvalue weighted by molar-refractivity contribution is 5.91. The zero-order valence-electron chi connectivity index (χ0n) is 15.1. The van der Waals surface area contributed by atoms with Gasteiger partial charge in [-0.3, -0.25) is 0 Å². The van der Waals surface area contributed by atoms with Gasteiger partial charge in [0.25, 0.3) is 0 Å². The summed E-state index contributed by atoms with van der Waals surface area (Å²) in [6, 6.07) is 10.3. The molecule has 0 N–H and O–H groups in total. The Morgan fingerprint density at radius 3 is 2.14 bits per heavy atom. The van der Waals surface area contributed by atoms with Crippen molar-refractivity contribution in [2.45, 2.75) is 19.5 Å². The molecule has 2 aromatic carbocycles. The summed E-state index contributed by atoms with van der Waals surface area (Å²) in [4.78, 5) is 23.3. The van der Waals surface area contributed by atoms with Crippen molar-refractivity contribution < 1.29 is 41.4 Å². The van der Waals surface area contributed by atoms with Gasteiger partial charge >= 0.3 is 24.5 Å². The molecule has 0 heterocycles. The normalized spacial score (nSPS) is 11.5. The summed E-state index contributed by atoms with van der Waals surface area (Å²) >= 11 is 0. The first-order chi connectivity index (χ1) is 13.7. The molecule has 9 heteroatoms. The van der Waals surface area contributed by atoms with Crippen LogP contribution in [-0.4, -0.2) is 31.1 Å². The van der Waals surface area contributed by atoms with Gasteiger partial charge in [0.1, 0.15) is 11.5 Å². The lowest BCUT2D eigenvalue weighted by molar-refractivity contribution is -0.253. The van der Waals surface area contributed by atoms with Gasteiger partial charge in [0.05, 0.1) is 12.2 Å². The zero-order chi connectivity index (χ0) is 21.4. The van der Waals surface area contributed by atoms with E-state index in [0.717, 1.165) is 24.3 Å². The average Bonchev–Trinajstić information content (AvgIpc) is 2.68. The minimum atomic E-state index is -4.63. The van der Waals surface area contributed by atoms with Crippen LogP contribution in [0.25, 0.3) is 6.08 Å². The van der Waals surface area contributed by atoms with Gasteiger partial charge in [-0.1, -0.05) is 12.1 Å². The molecule has 0 saturated carbocycles. The van der Waals surface area contributed by atoms with Crippen LogP contribution in [0.5, 0.6) is 11.5 Å². The van der Waals surface area contributed by atoms with Crippen molar-refractivity contribution >= 4 is 18.0 Å². The Kier molecular flexibility index (Phi) is 7.35. The Morgan fingerprint density at radius 1 is 1.00 bits per heavy atom. The molecule has 0 amide bonds. The number of esters is 2. The van der Waals surface area contributed by atoms with E-state index < -0.39 is 30.2 Å². The maximum Gasteiger partial charge on any atom is 0.461 e. The highest BCUT2D eigenvalue weighted by atomic mass is 19.3. The third kappa shape index (κ3) is 6.63. The van der Waals surface area contributed by atoms with E-state index in [0.29, 0.717) is 5.56 Å². The lowest BCUT2D eigenvalue weighted by atomic mass is 10.2. The van der Waals surface area contributed by atoms with E-state index in [4.69, 9.17) is 9.47 Å². The molecule has 0 bridgehead atoms. The third-order valence-electron chi connectivity index (χ3n) is 3.39. The molecule has 154 valence electrons. The molecular formula is C20H16F4O5. The number of hydrogen-bond donors (Lipinski definition) is 0. The molecule has 0 aliphatic rings. The molecule has 0 aliphatic carbocycles. The molecule has 0 spiro atoms. The van der Waals surface area contributed by atoms with E-state index in [-0.39, 0.29) is 17.9 Å². The Bertz CT molecular complexity index is 861. The third-order valence-corrected chi connectivity index (χ3v) is 3.39. The van der Waals surface area contributed by atoms with E-state index in [2.05, 4.69) is 4.74 Å². The molecule has 0 aromatic heterocycles. The summed E-state index contributed by atoms with van der Waals surface area (Å²) in [7, 11) is 0. The van der Waals surface area contributed by atoms with E-state index in [1.807, 2.05) is 0 Å². The van der Waals surface area contributed by atoms with E-state index in [1.54, 1.807) is 19.1 Å². The van der Waals surface area contributed by atoms with Crippen molar-refractivity contribution in [3.8, 4) is 11.5 Å². The second-order valence-electron chi connectivity index (χ2n) is 5.53. The first kappa shape index (κ1) is 21.9. The number of benzene rings is 2. The number of ether oxygens (including phenoxy) is 3. The number of rotatable bonds is 8. The lowest BCUT2D eigenvalue weighted by Crippen LogP contribution is -2.33. The highest BCUT2D eigenvalue weighted by Crippen LogP contribution is 2.27. The Labute approximate surface area is 163 Å². The van der Waals surface area contributed by atoms with Crippen LogP contribution in [-0.2, 0) is 9.53 Å². The minimum Gasteiger partial charge on any atom is -0.463 e. The fraction of sp³-hybridized carbons (Fsp3) is 0.200. The smallest absolute Gasteiger partial charge is 0.461 e. The molecule has 29 heavy (non-hydrogen) atoms. The number of carbonyl (C=O) groups excluding carboxylic acids is 2. The summed E-state index contributed by atoms with van der Waals surface area (Å²) in [5, 5.41) is 0. The van der Waals surface area contributed by atoms with Crippen molar-refractivity contribution in [3.63, 3.8) is 0 Å². The summed E-state index contributed by atoms with van der Waals surface area (Å²) in [6.07, 6.45) is -5.84. The fourth-order valence-electron chi connectivity index (χ4n) is 2.03. The monoisotopic (exact) mass is 412 g/mol. The maximum atomic E-state index is 12.9. The van der Waals surface area contributed by atoms with Crippen molar-refractivity contribution in [3.05, 3.63) is 65.7 Å². The van der Waals surface area contributed by atoms with E-state index in [9.17, 15) is 27.2 Å². The van der Waals surface area contributed by atoms with E-state index >= 15 is 0 Å². The summed E-state index contributed by atoms with van der Waals surface area (Å²) < 4.78 is 63.8. The highest BCUT2D eigenvalue weighted by Gasteiger charge is 2.43. The summed E-state index contributed by atoms with van der Waals surface area (Å²) in [5.74, 6) is -1.59. The number of carbonyl (C=O) groups is 2. The molecule has 0 radical (unpaired) electrons. The minimum absolute atomic E-state index is 0.00370. The van der Waals surface area contributed by atoms with Crippen LogP contribution in [0.2, 0.25) is 0 Å². The Balaban J connectivity index is 1.97. The topological polar surface area (TPSA) is 61.8 Å². The lowest BCUT2D eigenvalue weighted by Gasteiger charge is -2.16. The van der Waals surface area contributed by atoms with Crippen molar-refractivity contribution in [2.75, 3.05) is 6.61 Å². The van der Waals surface area contributed by atoms with Crippen LogP contribution in [0.15, 0.2) is 54.6 Å². The Hall–Kier alpha value is -3.36. The van der Waals surface area contributed by atoms with Crippen LogP contribution in [0.4, 0.5) is 17.6 Å². The molecule has 2 rings (SSSR count). The average molecular weight is 412 g/mol. The molecule has 0 fully saturated rings. The number of halogens is 4. The molecule has 2 aromatic rings. The largest absolute Gasteiger partial charge is 0.463 e. The first-order valence-corrected chi connectivity index (χ1v) is 8.33. The number of hydrogen-bond acceptors (Lipinski definition) is 5. The van der Waals surface area contributed by atoms with Gasteiger partial charge in [0, 0.05) is 6.08 Å². The number of alkyl halides is 4. The second-order valence-corrected chi connectivity index (χ2v) is 5.53. The van der Waals surface area contributed by atoms with Crippen LogP contribution >= 0.6 is 0 Å². The molecule has 0 unspecified atom stereocenters. The SMILES string of the molecule is CCOC(=O)C=Cc1ccc(OC(=O)c2ccc(OC(F)(F)C(F)F)cc2)cc1. The standard InChI is InChI=1S/C20H16F4O5/c1-2-27-17(25)12-5-13-3-8-15(9-4-13)28-18(26)14-6-10-16(11-7-14)29-20(23,24)19(21)22/h3-12,19H,2H2,1H3. The van der Waals surface area contributed by atoms with Crippen LogP contribution in [0, 0.1) is 0 Å². The predicted molar refractivity (Wildman–Crippen MR) is 95.1 cm³/mol.